The predicted molar refractivity (Wildman–Crippen MR) is 70.3 cm³/mol. The number of halogens is 1. The second kappa shape index (κ2) is 5.50. The molecule has 0 radical (unpaired) electrons. The van der Waals surface area contributed by atoms with Crippen molar-refractivity contribution in [2.75, 3.05) is 5.32 Å². The van der Waals surface area contributed by atoms with E-state index >= 15 is 0 Å². The van der Waals surface area contributed by atoms with E-state index in [2.05, 4.69) is 21.2 Å². The minimum atomic E-state index is 0.595. The van der Waals surface area contributed by atoms with Crippen molar-refractivity contribution in [3.8, 4) is 11.5 Å². The van der Waals surface area contributed by atoms with Gasteiger partial charge in [0.25, 0.3) is 0 Å². The molecule has 1 N–H and O–H groups in total. The Morgan fingerprint density at radius 3 is 2.59 bits per heavy atom. The van der Waals surface area contributed by atoms with Crippen LogP contribution in [0.25, 0.3) is 0 Å². The summed E-state index contributed by atoms with van der Waals surface area (Å²) < 4.78 is 6.58. The summed E-state index contributed by atoms with van der Waals surface area (Å²) in [5.41, 5.74) is 0.632. The first kappa shape index (κ1) is 11.7. The van der Waals surface area contributed by atoms with Gasteiger partial charge in [0.05, 0.1) is 5.69 Å². The van der Waals surface area contributed by atoms with Crippen LogP contribution in [0.3, 0.4) is 0 Å². The van der Waals surface area contributed by atoms with Gasteiger partial charge in [-0.3, -0.25) is 4.79 Å². The number of carbonyl (C=O) groups is 1. The Morgan fingerprint density at radius 2 is 1.88 bits per heavy atom. The van der Waals surface area contributed by atoms with Gasteiger partial charge in [0, 0.05) is 4.47 Å². The van der Waals surface area contributed by atoms with E-state index in [1.807, 2.05) is 36.4 Å². The molecule has 0 saturated heterocycles. The van der Waals surface area contributed by atoms with Gasteiger partial charge in [-0.1, -0.05) is 34.1 Å². The number of rotatable bonds is 4. The summed E-state index contributed by atoms with van der Waals surface area (Å²) in [5, 5.41) is 2.60. The Morgan fingerprint density at radius 1 is 1.12 bits per heavy atom. The van der Waals surface area contributed by atoms with E-state index in [0.29, 0.717) is 17.8 Å². The Balaban J connectivity index is 2.30. The third-order valence-electron chi connectivity index (χ3n) is 2.13. The first-order valence-corrected chi connectivity index (χ1v) is 5.81. The predicted octanol–water partition coefficient (Wildman–Crippen LogP) is 3.81. The SMILES string of the molecule is O=CNc1ccc(Br)cc1Oc1ccccc1. The molecule has 0 bridgehead atoms. The van der Waals surface area contributed by atoms with Crippen LogP contribution >= 0.6 is 15.9 Å². The van der Waals surface area contributed by atoms with E-state index in [1.54, 1.807) is 12.1 Å². The smallest absolute Gasteiger partial charge is 0.211 e. The van der Waals surface area contributed by atoms with Crippen molar-refractivity contribution in [2.45, 2.75) is 0 Å². The maximum atomic E-state index is 10.5. The molecule has 0 aliphatic heterocycles. The summed E-state index contributed by atoms with van der Waals surface area (Å²) in [6.45, 7) is 0. The van der Waals surface area contributed by atoms with Crippen LogP contribution in [0.15, 0.2) is 53.0 Å². The van der Waals surface area contributed by atoms with Gasteiger partial charge in [-0.05, 0) is 30.3 Å². The molecule has 86 valence electrons. The van der Waals surface area contributed by atoms with Crippen LogP contribution in [-0.4, -0.2) is 6.41 Å². The largest absolute Gasteiger partial charge is 0.455 e. The zero-order chi connectivity index (χ0) is 12.1. The number of benzene rings is 2. The molecule has 2 aromatic carbocycles. The molecule has 0 spiro atoms. The molecule has 0 atom stereocenters. The molecule has 0 aromatic heterocycles. The first-order chi connectivity index (χ1) is 8.29. The van der Waals surface area contributed by atoms with Gasteiger partial charge < -0.3 is 10.1 Å². The van der Waals surface area contributed by atoms with Crippen molar-refractivity contribution >= 4 is 28.0 Å². The summed E-state index contributed by atoms with van der Waals surface area (Å²) in [7, 11) is 0. The molecule has 0 saturated carbocycles. The Kier molecular flexibility index (Phi) is 3.77. The highest BCUT2D eigenvalue weighted by molar-refractivity contribution is 9.10. The van der Waals surface area contributed by atoms with E-state index in [0.717, 1.165) is 10.2 Å². The number of para-hydroxylation sites is 1. The molecule has 0 aliphatic rings. The Hall–Kier alpha value is -1.81. The van der Waals surface area contributed by atoms with Crippen molar-refractivity contribution in [1.29, 1.82) is 0 Å². The maximum absolute atomic E-state index is 10.5. The van der Waals surface area contributed by atoms with Crippen LogP contribution in [0.5, 0.6) is 11.5 Å². The average molecular weight is 292 g/mol. The fraction of sp³-hybridized carbons (Fsp3) is 0. The number of nitrogens with one attached hydrogen (secondary N) is 1. The number of ether oxygens (including phenoxy) is 1. The van der Waals surface area contributed by atoms with Gasteiger partial charge >= 0.3 is 0 Å². The molecule has 2 aromatic rings. The fourth-order valence-corrected chi connectivity index (χ4v) is 1.72. The van der Waals surface area contributed by atoms with Crippen molar-refractivity contribution in [3.05, 3.63) is 53.0 Å². The fourth-order valence-electron chi connectivity index (χ4n) is 1.38. The highest BCUT2D eigenvalue weighted by Crippen LogP contribution is 2.31. The quantitative estimate of drug-likeness (QED) is 0.870. The molecule has 17 heavy (non-hydrogen) atoms. The van der Waals surface area contributed by atoms with E-state index in [9.17, 15) is 4.79 Å². The lowest BCUT2D eigenvalue weighted by Gasteiger charge is -2.10. The zero-order valence-corrected chi connectivity index (χ0v) is 10.5. The van der Waals surface area contributed by atoms with Gasteiger partial charge in [-0.15, -0.1) is 0 Å². The van der Waals surface area contributed by atoms with Gasteiger partial charge in [0.1, 0.15) is 5.75 Å². The molecule has 2 rings (SSSR count). The molecule has 0 unspecified atom stereocenters. The lowest BCUT2D eigenvalue weighted by Crippen LogP contribution is -1.96. The molecule has 4 heteroatoms. The highest BCUT2D eigenvalue weighted by Gasteiger charge is 2.05. The van der Waals surface area contributed by atoms with Crippen LogP contribution in [0.1, 0.15) is 0 Å². The standard InChI is InChI=1S/C13H10BrNO2/c14-10-6-7-12(15-9-16)13(8-10)17-11-4-2-1-3-5-11/h1-9H,(H,15,16). The minimum absolute atomic E-state index is 0.595. The molecular weight excluding hydrogens is 282 g/mol. The topological polar surface area (TPSA) is 38.3 Å². The molecule has 0 fully saturated rings. The number of hydrogen-bond donors (Lipinski definition) is 1. The lowest BCUT2D eigenvalue weighted by atomic mass is 10.3. The summed E-state index contributed by atoms with van der Waals surface area (Å²) in [6, 6.07) is 14.8. The second-order valence-corrected chi connectivity index (χ2v) is 4.23. The number of anilines is 1. The van der Waals surface area contributed by atoms with Crippen LogP contribution in [-0.2, 0) is 4.79 Å². The van der Waals surface area contributed by atoms with E-state index in [1.165, 1.54) is 0 Å². The molecular formula is C13H10BrNO2. The third-order valence-corrected chi connectivity index (χ3v) is 2.62. The van der Waals surface area contributed by atoms with Crippen molar-refractivity contribution in [1.82, 2.24) is 0 Å². The summed E-state index contributed by atoms with van der Waals surface area (Å²) in [6.07, 6.45) is 0.626. The summed E-state index contributed by atoms with van der Waals surface area (Å²) >= 11 is 3.36. The van der Waals surface area contributed by atoms with Gasteiger partial charge in [-0.2, -0.15) is 0 Å². The van der Waals surface area contributed by atoms with E-state index < -0.39 is 0 Å². The number of carbonyl (C=O) groups excluding carboxylic acids is 1. The van der Waals surface area contributed by atoms with E-state index in [4.69, 9.17) is 4.74 Å². The Bertz CT molecular complexity index is 514. The van der Waals surface area contributed by atoms with Gasteiger partial charge in [-0.25, -0.2) is 0 Å². The maximum Gasteiger partial charge on any atom is 0.211 e. The van der Waals surface area contributed by atoms with Crippen LogP contribution < -0.4 is 10.1 Å². The first-order valence-electron chi connectivity index (χ1n) is 5.02. The highest BCUT2D eigenvalue weighted by atomic mass is 79.9. The zero-order valence-electron chi connectivity index (χ0n) is 8.89. The van der Waals surface area contributed by atoms with Crippen LogP contribution in [0.4, 0.5) is 5.69 Å². The van der Waals surface area contributed by atoms with E-state index in [-0.39, 0.29) is 0 Å². The second-order valence-electron chi connectivity index (χ2n) is 3.32. The monoisotopic (exact) mass is 291 g/mol. The van der Waals surface area contributed by atoms with Crippen molar-refractivity contribution < 1.29 is 9.53 Å². The molecule has 3 nitrogen and oxygen atoms in total. The lowest BCUT2D eigenvalue weighted by molar-refractivity contribution is -0.105. The summed E-state index contributed by atoms with van der Waals surface area (Å²) in [5.74, 6) is 1.32. The van der Waals surface area contributed by atoms with Crippen molar-refractivity contribution in [2.24, 2.45) is 0 Å². The normalized spacial score (nSPS) is 9.71. The Labute approximate surface area is 108 Å². The van der Waals surface area contributed by atoms with Crippen molar-refractivity contribution in [3.63, 3.8) is 0 Å². The average Bonchev–Trinajstić information content (AvgIpc) is 2.34. The van der Waals surface area contributed by atoms with Crippen LogP contribution in [0.2, 0.25) is 0 Å². The minimum Gasteiger partial charge on any atom is -0.455 e. The summed E-state index contributed by atoms with van der Waals surface area (Å²) in [4.78, 5) is 10.5. The van der Waals surface area contributed by atoms with Gasteiger partial charge in [0.15, 0.2) is 5.75 Å². The molecule has 0 heterocycles. The molecule has 1 amide bonds. The third kappa shape index (κ3) is 3.07. The van der Waals surface area contributed by atoms with Gasteiger partial charge in [0.2, 0.25) is 6.41 Å². The van der Waals surface area contributed by atoms with Crippen LogP contribution in [0, 0.1) is 0 Å². The number of hydrogen-bond acceptors (Lipinski definition) is 2. The number of amides is 1. The molecule has 0 aliphatic carbocycles.